The zero-order chi connectivity index (χ0) is 17.4. The van der Waals surface area contributed by atoms with E-state index in [1.807, 2.05) is 54.4 Å². The maximum Gasteiger partial charge on any atom is 0.320 e. The molecule has 1 atom stereocenters. The van der Waals surface area contributed by atoms with Crippen LogP contribution in [0.3, 0.4) is 0 Å². The van der Waals surface area contributed by atoms with Gasteiger partial charge in [0.25, 0.3) is 0 Å². The molecule has 1 aromatic carbocycles. The molecule has 0 spiro atoms. The van der Waals surface area contributed by atoms with E-state index in [0.717, 1.165) is 29.9 Å². The number of carbonyl (C=O) groups is 1. The van der Waals surface area contributed by atoms with Crippen LogP contribution in [0, 0.1) is 0 Å². The van der Waals surface area contributed by atoms with Crippen LogP contribution in [0.25, 0.3) is 0 Å². The standard InChI is InChI=1S/C19H25N3O2/c1-3-4-10-17(19(23)24)20-13-15-11-12-18(21-14-15)22(2)16-8-6-5-7-9-16/h5-9,11-12,14,17,20H,3-4,10,13H2,1-2H3,(H,23,24). The molecule has 2 rings (SSSR count). The van der Waals surface area contributed by atoms with Gasteiger partial charge in [0.1, 0.15) is 11.9 Å². The fraction of sp³-hybridized carbons (Fsp3) is 0.368. The van der Waals surface area contributed by atoms with Gasteiger partial charge in [0.2, 0.25) is 0 Å². The van der Waals surface area contributed by atoms with Crippen molar-refractivity contribution in [1.82, 2.24) is 10.3 Å². The second-order valence-electron chi connectivity index (χ2n) is 5.83. The van der Waals surface area contributed by atoms with E-state index < -0.39 is 12.0 Å². The number of carboxylic acids is 1. The Hall–Kier alpha value is -2.40. The summed E-state index contributed by atoms with van der Waals surface area (Å²) in [6.07, 6.45) is 4.34. The molecule has 0 aliphatic carbocycles. The molecule has 2 aromatic rings. The van der Waals surface area contributed by atoms with E-state index in [4.69, 9.17) is 0 Å². The first kappa shape index (κ1) is 17.9. The molecule has 0 radical (unpaired) electrons. The zero-order valence-corrected chi connectivity index (χ0v) is 14.3. The molecule has 24 heavy (non-hydrogen) atoms. The number of pyridine rings is 1. The number of hydrogen-bond donors (Lipinski definition) is 2. The average molecular weight is 327 g/mol. The third kappa shape index (κ3) is 5.06. The number of anilines is 2. The Balaban J connectivity index is 1.95. The number of rotatable bonds is 9. The number of nitrogens with zero attached hydrogens (tertiary/aromatic N) is 2. The Morgan fingerprint density at radius 3 is 2.58 bits per heavy atom. The van der Waals surface area contributed by atoms with Crippen molar-refractivity contribution in [2.75, 3.05) is 11.9 Å². The van der Waals surface area contributed by atoms with Gasteiger partial charge >= 0.3 is 5.97 Å². The summed E-state index contributed by atoms with van der Waals surface area (Å²) in [5, 5.41) is 12.3. The van der Waals surface area contributed by atoms with Crippen LogP contribution in [0.2, 0.25) is 0 Å². The van der Waals surface area contributed by atoms with Crippen molar-refractivity contribution in [3.05, 3.63) is 54.2 Å². The van der Waals surface area contributed by atoms with E-state index in [1.165, 1.54) is 0 Å². The smallest absolute Gasteiger partial charge is 0.320 e. The Morgan fingerprint density at radius 1 is 1.25 bits per heavy atom. The summed E-state index contributed by atoms with van der Waals surface area (Å²) in [7, 11) is 1.97. The van der Waals surface area contributed by atoms with Crippen molar-refractivity contribution in [2.24, 2.45) is 0 Å². The van der Waals surface area contributed by atoms with Gasteiger partial charge in [-0.1, -0.05) is 44.0 Å². The van der Waals surface area contributed by atoms with Gasteiger partial charge < -0.3 is 15.3 Å². The van der Waals surface area contributed by atoms with E-state index in [1.54, 1.807) is 6.20 Å². The van der Waals surface area contributed by atoms with Crippen LogP contribution < -0.4 is 10.2 Å². The number of aromatic nitrogens is 1. The van der Waals surface area contributed by atoms with Gasteiger partial charge in [0.05, 0.1) is 0 Å². The number of benzene rings is 1. The number of para-hydroxylation sites is 1. The lowest BCUT2D eigenvalue weighted by atomic mass is 10.1. The highest BCUT2D eigenvalue weighted by Crippen LogP contribution is 2.20. The Kier molecular flexibility index (Phi) is 6.75. The van der Waals surface area contributed by atoms with E-state index in [2.05, 4.69) is 17.2 Å². The maximum absolute atomic E-state index is 11.2. The molecular weight excluding hydrogens is 302 g/mol. The van der Waals surface area contributed by atoms with Crippen molar-refractivity contribution in [3.8, 4) is 0 Å². The predicted molar refractivity (Wildman–Crippen MR) is 96.5 cm³/mol. The molecule has 128 valence electrons. The zero-order valence-electron chi connectivity index (χ0n) is 14.3. The summed E-state index contributed by atoms with van der Waals surface area (Å²) < 4.78 is 0. The maximum atomic E-state index is 11.2. The summed E-state index contributed by atoms with van der Waals surface area (Å²) in [6, 6.07) is 13.5. The summed E-state index contributed by atoms with van der Waals surface area (Å²) in [4.78, 5) is 17.7. The van der Waals surface area contributed by atoms with Crippen LogP contribution in [-0.4, -0.2) is 29.1 Å². The van der Waals surface area contributed by atoms with Crippen molar-refractivity contribution in [2.45, 2.75) is 38.8 Å². The fourth-order valence-corrected chi connectivity index (χ4v) is 2.47. The Bertz CT molecular complexity index is 629. The van der Waals surface area contributed by atoms with E-state index in [-0.39, 0.29) is 0 Å². The second-order valence-corrected chi connectivity index (χ2v) is 5.83. The minimum Gasteiger partial charge on any atom is -0.480 e. The van der Waals surface area contributed by atoms with Crippen LogP contribution in [0.4, 0.5) is 11.5 Å². The Labute approximate surface area is 143 Å². The van der Waals surface area contributed by atoms with Gasteiger partial charge in [-0.3, -0.25) is 4.79 Å². The summed E-state index contributed by atoms with van der Waals surface area (Å²) in [5.41, 5.74) is 2.05. The summed E-state index contributed by atoms with van der Waals surface area (Å²) in [6.45, 7) is 2.56. The van der Waals surface area contributed by atoms with Crippen LogP contribution in [0.5, 0.6) is 0 Å². The highest BCUT2D eigenvalue weighted by molar-refractivity contribution is 5.73. The largest absolute Gasteiger partial charge is 0.480 e. The van der Waals surface area contributed by atoms with Crippen LogP contribution in [-0.2, 0) is 11.3 Å². The van der Waals surface area contributed by atoms with Crippen molar-refractivity contribution in [1.29, 1.82) is 0 Å². The summed E-state index contributed by atoms with van der Waals surface area (Å²) in [5.74, 6) is 0.0579. The molecule has 0 amide bonds. The van der Waals surface area contributed by atoms with E-state index in [0.29, 0.717) is 13.0 Å². The molecule has 0 saturated heterocycles. The van der Waals surface area contributed by atoms with Crippen molar-refractivity contribution < 1.29 is 9.90 Å². The molecule has 0 aliphatic heterocycles. The first-order chi connectivity index (χ1) is 11.6. The highest BCUT2D eigenvalue weighted by atomic mass is 16.4. The van der Waals surface area contributed by atoms with Gasteiger partial charge in [-0.2, -0.15) is 0 Å². The second kappa shape index (κ2) is 9.03. The Morgan fingerprint density at radius 2 is 2.00 bits per heavy atom. The number of unbranched alkanes of at least 4 members (excludes halogenated alkanes) is 1. The van der Waals surface area contributed by atoms with Crippen LogP contribution in [0.15, 0.2) is 48.7 Å². The van der Waals surface area contributed by atoms with Crippen LogP contribution >= 0.6 is 0 Å². The molecule has 5 nitrogen and oxygen atoms in total. The third-order valence-electron chi connectivity index (χ3n) is 3.99. The molecule has 5 heteroatoms. The van der Waals surface area contributed by atoms with Gasteiger partial charge in [0.15, 0.2) is 0 Å². The number of hydrogen-bond acceptors (Lipinski definition) is 4. The minimum atomic E-state index is -0.795. The van der Waals surface area contributed by atoms with Gasteiger partial charge in [0, 0.05) is 25.5 Å². The molecule has 0 saturated carbocycles. The monoisotopic (exact) mass is 327 g/mol. The quantitative estimate of drug-likeness (QED) is 0.737. The molecule has 1 aromatic heterocycles. The normalized spacial score (nSPS) is 11.9. The first-order valence-corrected chi connectivity index (χ1v) is 8.31. The fourth-order valence-electron chi connectivity index (χ4n) is 2.47. The van der Waals surface area contributed by atoms with Gasteiger partial charge in [-0.25, -0.2) is 4.98 Å². The number of carboxylic acid groups (broad SMARTS) is 1. The summed E-state index contributed by atoms with van der Waals surface area (Å²) >= 11 is 0. The van der Waals surface area contributed by atoms with E-state index >= 15 is 0 Å². The SMILES string of the molecule is CCCCC(NCc1ccc(N(C)c2ccccc2)nc1)C(=O)O. The first-order valence-electron chi connectivity index (χ1n) is 8.31. The van der Waals surface area contributed by atoms with Crippen molar-refractivity contribution >= 4 is 17.5 Å². The number of nitrogens with one attached hydrogen (secondary N) is 1. The number of aliphatic carboxylic acids is 1. The average Bonchev–Trinajstić information content (AvgIpc) is 2.62. The highest BCUT2D eigenvalue weighted by Gasteiger charge is 2.15. The molecule has 0 fully saturated rings. The van der Waals surface area contributed by atoms with Gasteiger partial charge in [-0.05, 0) is 30.2 Å². The van der Waals surface area contributed by atoms with Crippen molar-refractivity contribution in [3.63, 3.8) is 0 Å². The predicted octanol–water partition coefficient (Wildman–Crippen LogP) is 3.58. The van der Waals surface area contributed by atoms with Crippen LogP contribution in [0.1, 0.15) is 31.7 Å². The molecule has 2 N–H and O–H groups in total. The molecule has 0 bridgehead atoms. The molecule has 0 aliphatic rings. The lowest BCUT2D eigenvalue weighted by Gasteiger charge is -2.19. The molecular formula is C19H25N3O2. The van der Waals surface area contributed by atoms with Gasteiger partial charge in [-0.15, -0.1) is 0 Å². The lowest BCUT2D eigenvalue weighted by Crippen LogP contribution is -2.36. The topological polar surface area (TPSA) is 65.5 Å². The lowest BCUT2D eigenvalue weighted by molar-refractivity contribution is -0.139. The molecule has 1 unspecified atom stereocenters. The third-order valence-corrected chi connectivity index (χ3v) is 3.99. The minimum absolute atomic E-state index is 0.503. The molecule has 1 heterocycles. The van der Waals surface area contributed by atoms with E-state index in [9.17, 15) is 9.90 Å².